The van der Waals surface area contributed by atoms with Gasteiger partial charge in [0.1, 0.15) is 18.2 Å². The van der Waals surface area contributed by atoms with E-state index in [1.807, 2.05) is 6.07 Å². The molecule has 10 heteroatoms. The standard InChI is InChI=1S/C24H17BrClN3O5/c1-33-22-10-16(9-17(13-27)24(30)28-19-6-3-5-18(26)11-19)21(25)12-23(22)34-14-15-4-2-7-20(8-15)29(31)32/h2-12H,14H2,1H3,(H,28,30)/b17-9+. The summed E-state index contributed by atoms with van der Waals surface area (Å²) in [6, 6.07) is 17.8. The van der Waals surface area contributed by atoms with Crippen LogP contribution in [0.25, 0.3) is 6.08 Å². The summed E-state index contributed by atoms with van der Waals surface area (Å²) in [5.74, 6) is 0.133. The number of hydrogen-bond donors (Lipinski definition) is 1. The molecular weight excluding hydrogens is 526 g/mol. The number of nitro groups is 1. The number of hydrogen-bond acceptors (Lipinski definition) is 6. The molecule has 0 aliphatic rings. The number of nitro benzene ring substituents is 1. The van der Waals surface area contributed by atoms with Gasteiger partial charge in [0.15, 0.2) is 11.5 Å². The number of non-ortho nitro benzene ring substituents is 1. The number of carbonyl (C=O) groups excluding carboxylic acids is 1. The molecule has 1 amide bonds. The molecule has 34 heavy (non-hydrogen) atoms. The number of nitriles is 1. The Morgan fingerprint density at radius 1 is 1.21 bits per heavy atom. The number of halogens is 2. The number of amides is 1. The highest BCUT2D eigenvalue weighted by Gasteiger charge is 2.15. The fourth-order valence-electron chi connectivity index (χ4n) is 2.92. The van der Waals surface area contributed by atoms with Crippen molar-refractivity contribution >= 4 is 50.9 Å². The Morgan fingerprint density at radius 3 is 2.65 bits per heavy atom. The van der Waals surface area contributed by atoms with Crippen molar-refractivity contribution in [1.82, 2.24) is 0 Å². The second-order valence-corrected chi connectivity index (χ2v) is 8.17. The molecule has 0 aromatic heterocycles. The molecule has 0 heterocycles. The summed E-state index contributed by atoms with van der Waals surface area (Å²) in [7, 11) is 1.45. The van der Waals surface area contributed by atoms with Gasteiger partial charge < -0.3 is 14.8 Å². The molecule has 0 saturated heterocycles. The van der Waals surface area contributed by atoms with Crippen LogP contribution in [0.4, 0.5) is 11.4 Å². The lowest BCUT2D eigenvalue weighted by Crippen LogP contribution is -2.13. The number of methoxy groups -OCH3 is 1. The van der Waals surface area contributed by atoms with E-state index in [4.69, 9.17) is 21.1 Å². The van der Waals surface area contributed by atoms with Crippen LogP contribution in [-0.2, 0) is 11.4 Å². The molecule has 8 nitrogen and oxygen atoms in total. The third kappa shape index (κ3) is 6.34. The average Bonchev–Trinajstić information content (AvgIpc) is 2.82. The van der Waals surface area contributed by atoms with E-state index in [1.165, 1.54) is 25.3 Å². The third-order valence-electron chi connectivity index (χ3n) is 4.55. The van der Waals surface area contributed by atoms with Crippen molar-refractivity contribution in [2.24, 2.45) is 0 Å². The summed E-state index contributed by atoms with van der Waals surface area (Å²) in [5.41, 5.74) is 1.42. The molecule has 0 fully saturated rings. The fraction of sp³-hybridized carbons (Fsp3) is 0.0833. The van der Waals surface area contributed by atoms with Crippen LogP contribution in [0.3, 0.4) is 0 Å². The minimum absolute atomic E-state index is 0.0326. The van der Waals surface area contributed by atoms with E-state index in [1.54, 1.807) is 48.5 Å². The molecular formula is C24H17BrClN3O5. The van der Waals surface area contributed by atoms with Crippen LogP contribution in [0.5, 0.6) is 11.5 Å². The minimum Gasteiger partial charge on any atom is -0.493 e. The first-order valence-electron chi connectivity index (χ1n) is 9.73. The number of ether oxygens (including phenoxy) is 2. The normalized spacial score (nSPS) is 10.8. The Morgan fingerprint density at radius 2 is 1.97 bits per heavy atom. The van der Waals surface area contributed by atoms with Gasteiger partial charge in [0.25, 0.3) is 11.6 Å². The van der Waals surface area contributed by atoms with Crippen molar-refractivity contribution < 1.29 is 19.2 Å². The van der Waals surface area contributed by atoms with E-state index >= 15 is 0 Å². The molecule has 0 unspecified atom stereocenters. The van der Waals surface area contributed by atoms with Crippen LogP contribution < -0.4 is 14.8 Å². The minimum atomic E-state index is -0.596. The van der Waals surface area contributed by atoms with E-state index in [-0.39, 0.29) is 17.9 Å². The smallest absolute Gasteiger partial charge is 0.269 e. The van der Waals surface area contributed by atoms with Crippen molar-refractivity contribution in [3.63, 3.8) is 0 Å². The van der Waals surface area contributed by atoms with Gasteiger partial charge in [-0.25, -0.2) is 0 Å². The highest BCUT2D eigenvalue weighted by Crippen LogP contribution is 2.35. The van der Waals surface area contributed by atoms with Gasteiger partial charge in [-0.15, -0.1) is 0 Å². The van der Waals surface area contributed by atoms with Gasteiger partial charge in [-0.3, -0.25) is 14.9 Å². The quantitative estimate of drug-likeness (QED) is 0.158. The van der Waals surface area contributed by atoms with Gasteiger partial charge in [0, 0.05) is 27.3 Å². The van der Waals surface area contributed by atoms with E-state index in [9.17, 15) is 20.2 Å². The molecule has 3 aromatic carbocycles. The molecule has 0 atom stereocenters. The first-order chi connectivity index (χ1) is 16.3. The van der Waals surface area contributed by atoms with E-state index in [0.29, 0.717) is 37.8 Å². The van der Waals surface area contributed by atoms with Crippen LogP contribution in [0.2, 0.25) is 5.02 Å². The molecule has 0 saturated carbocycles. The maximum atomic E-state index is 12.6. The van der Waals surface area contributed by atoms with Gasteiger partial charge in [-0.2, -0.15) is 5.26 Å². The van der Waals surface area contributed by atoms with Crippen LogP contribution in [0.1, 0.15) is 11.1 Å². The van der Waals surface area contributed by atoms with Crippen LogP contribution in [0, 0.1) is 21.4 Å². The first kappa shape index (κ1) is 24.8. The summed E-state index contributed by atoms with van der Waals surface area (Å²) >= 11 is 9.36. The maximum absolute atomic E-state index is 12.6. The predicted octanol–water partition coefficient (Wildman–Crippen LogP) is 6.14. The van der Waals surface area contributed by atoms with Crippen LogP contribution >= 0.6 is 27.5 Å². The zero-order valence-corrected chi connectivity index (χ0v) is 20.1. The van der Waals surface area contributed by atoms with Gasteiger partial charge in [0.05, 0.1) is 12.0 Å². The zero-order chi connectivity index (χ0) is 24.7. The molecule has 172 valence electrons. The summed E-state index contributed by atoms with van der Waals surface area (Å²) in [4.78, 5) is 23.1. The van der Waals surface area contributed by atoms with Crippen LogP contribution in [0.15, 0.2) is 70.7 Å². The molecule has 3 rings (SSSR count). The summed E-state index contributed by atoms with van der Waals surface area (Å²) in [6.45, 7) is 0.0746. The second-order valence-electron chi connectivity index (χ2n) is 6.87. The monoisotopic (exact) mass is 541 g/mol. The molecule has 0 radical (unpaired) electrons. The number of nitrogens with one attached hydrogen (secondary N) is 1. The number of rotatable bonds is 8. The lowest BCUT2D eigenvalue weighted by molar-refractivity contribution is -0.384. The van der Waals surface area contributed by atoms with Crippen molar-refractivity contribution in [3.8, 4) is 17.6 Å². The maximum Gasteiger partial charge on any atom is 0.269 e. The van der Waals surface area contributed by atoms with E-state index < -0.39 is 10.8 Å². The van der Waals surface area contributed by atoms with Crippen molar-refractivity contribution in [1.29, 1.82) is 5.26 Å². The first-order valence-corrected chi connectivity index (χ1v) is 10.9. The lowest BCUT2D eigenvalue weighted by atomic mass is 10.1. The Balaban J connectivity index is 1.82. The Bertz CT molecular complexity index is 1320. The number of nitrogens with zero attached hydrogens (tertiary/aromatic N) is 2. The third-order valence-corrected chi connectivity index (χ3v) is 5.47. The Kier molecular flexibility index (Phi) is 8.24. The van der Waals surface area contributed by atoms with Gasteiger partial charge >= 0.3 is 0 Å². The van der Waals surface area contributed by atoms with E-state index in [2.05, 4.69) is 21.2 Å². The SMILES string of the molecule is COc1cc(/C=C(\C#N)C(=O)Nc2cccc(Cl)c2)c(Br)cc1OCc1cccc([N+](=O)[O-])c1. The topological polar surface area (TPSA) is 114 Å². The highest BCUT2D eigenvalue weighted by molar-refractivity contribution is 9.10. The number of anilines is 1. The van der Waals surface area contributed by atoms with Crippen molar-refractivity contribution in [2.45, 2.75) is 6.61 Å². The summed E-state index contributed by atoms with van der Waals surface area (Å²) < 4.78 is 11.7. The van der Waals surface area contributed by atoms with E-state index in [0.717, 1.165) is 0 Å². The molecule has 0 bridgehead atoms. The van der Waals surface area contributed by atoms with Crippen molar-refractivity contribution in [3.05, 3.63) is 97.0 Å². The van der Waals surface area contributed by atoms with Gasteiger partial charge in [0.2, 0.25) is 0 Å². The zero-order valence-electron chi connectivity index (χ0n) is 17.7. The average molecular weight is 543 g/mol. The molecule has 3 aromatic rings. The number of carbonyl (C=O) groups is 1. The second kappa shape index (κ2) is 11.3. The van der Waals surface area contributed by atoms with Gasteiger partial charge in [-0.1, -0.05) is 45.7 Å². The Hall–Kier alpha value is -3.87. The summed E-state index contributed by atoms with van der Waals surface area (Å²) in [5, 5.41) is 23.6. The lowest BCUT2D eigenvalue weighted by Gasteiger charge is -2.13. The Labute approximate surface area is 208 Å². The van der Waals surface area contributed by atoms with Crippen molar-refractivity contribution in [2.75, 3.05) is 12.4 Å². The molecule has 0 aliphatic carbocycles. The predicted molar refractivity (Wildman–Crippen MR) is 132 cm³/mol. The summed E-state index contributed by atoms with van der Waals surface area (Å²) in [6.07, 6.45) is 1.41. The molecule has 0 spiro atoms. The number of benzene rings is 3. The fourth-order valence-corrected chi connectivity index (χ4v) is 3.55. The largest absolute Gasteiger partial charge is 0.493 e. The molecule has 0 aliphatic heterocycles. The molecule has 1 N–H and O–H groups in total. The van der Waals surface area contributed by atoms with Crippen LogP contribution in [-0.4, -0.2) is 17.9 Å². The highest BCUT2D eigenvalue weighted by atomic mass is 79.9. The van der Waals surface area contributed by atoms with Gasteiger partial charge in [-0.05, 0) is 47.5 Å².